The Hall–Kier alpha value is -1.74. The van der Waals surface area contributed by atoms with E-state index in [0.717, 1.165) is 13.2 Å². The molecule has 0 aromatic heterocycles. The number of methoxy groups -OCH3 is 1. The summed E-state index contributed by atoms with van der Waals surface area (Å²) in [5.74, 6) is -1.47. The van der Waals surface area contributed by atoms with Gasteiger partial charge < -0.3 is 4.74 Å². The minimum Gasteiger partial charge on any atom is -0.465 e. The van der Waals surface area contributed by atoms with Crippen molar-refractivity contribution in [2.75, 3.05) is 7.11 Å². The fourth-order valence-corrected chi connectivity index (χ4v) is 1.65. The Labute approximate surface area is 106 Å². The molecule has 7 heteroatoms. The van der Waals surface area contributed by atoms with Crippen LogP contribution in [0.5, 0.6) is 0 Å². The first-order valence-corrected chi connectivity index (χ1v) is 5.17. The summed E-state index contributed by atoms with van der Waals surface area (Å²) in [7, 11) is 0.971. The second kappa shape index (κ2) is 5.27. The average molecular weight is 278 g/mol. The van der Waals surface area contributed by atoms with Gasteiger partial charge in [-0.25, -0.2) is 4.79 Å². The lowest BCUT2D eigenvalue weighted by Crippen LogP contribution is -2.17. The maximum atomic E-state index is 12.8. The van der Waals surface area contributed by atoms with Crippen molar-refractivity contribution in [3.05, 3.63) is 34.4 Å². The van der Waals surface area contributed by atoms with Gasteiger partial charge in [-0.1, -0.05) is 0 Å². The summed E-state index contributed by atoms with van der Waals surface area (Å²) in [4.78, 5) is 11.4. The Morgan fingerprint density at radius 2 is 2.11 bits per heavy atom. The number of hydrogen-bond donors (Lipinski definition) is 0. The van der Waals surface area contributed by atoms with E-state index in [1.807, 2.05) is 0 Å². The lowest BCUT2D eigenvalue weighted by Gasteiger charge is -2.14. The van der Waals surface area contributed by atoms with Gasteiger partial charge in [0.15, 0.2) is 0 Å². The normalized spacial score (nSPS) is 10.9. The number of benzene rings is 1. The summed E-state index contributed by atoms with van der Waals surface area (Å²) in [6, 6.07) is 3.32. The van der Waals surface area contributed by atoms with Crippen molar-refractivity contribution in [3.63, 3.8) is 0 Å². The molecule has 0 N–H and O–H groups in total. The Balaban J connectivity index is 3.64. The molecule has 0 aliphatic carbocycles. The fourth-order valence-electron chi connectivity index (χ4n) is 1.44. The van der Waals surface area contributed by atoms with Crippen LogP contribution < -0.4 is 0 Å². The van der Waals surface area contributed by atoms with Crippen LogP contribution in [0.25, 0.3) is 0 Å². The maximum Gasteiger partial charge on any atom is 0.417 e. The molecule has 0 atom stereocenters. The summed E-state index contributed by atoms with van der Waals surface area (Å²) in [5, 5.41) is 8.66. The highest BCUT2D eigenvalue weighted by molar-refractivity contribution is 6.17. The number of alkyl halides is 4. The van der Waals surface area contributed by atoms with Crippen molar-refractivity contribution in [2.24, 2.45) is 0 Å². The molecule has 0 amide bonds. The van der Waals surface area contributed by atoms with Crippen LogP contribution in [0.15, 0.2) is 12.1 Å². The van der Waals surface area contributed by atoms with Crippen LogP contribution in [-0.2, 0) is 16.8 Å². The number of hydrogen-bond acceptors (Lipinski definition) is 3. The molecule has 0 spiro atoms. The van der Waals surface area contributed by atoms with E-state index in [1.165, 1.54) is 0 Å². The Morgan fingerprint density at radius 1 is 1.50 bits per heavy atom. The molecule has 18 heavy (non-hydrogen) atoms. The van der Waals surface area contributed by atoms with Crippen LogP contribution in [0, 0.1) is 11.3 Å². The van der Waals surface area contributed by atoms with Gasteiger partial charge in [0.05, 0.1) is 29.9 Å². The fraction of sp³-hybridized carbons (Fsp3) is 0.273. The van der Waals surface area contributed by atoms with Crippen molar-refractivity contribution in [1.29, 1.82) is 5.26 Å². The van der Waals surface area contributed by atoms with Crippen molar-refractivity contribution < 1.29 is 22.7 Å². The average Bonchev–Trinajstić information content (AvgIpc) is 2.34. The molecule has 0 saturated heterocycles. The maximum absolute atomic E-state index is 12.8. The second-order valence-corrected chi connectivity index (χ2v) is 3.56. The standard InChI is InChI=1S/C11H7ClF3NO2/c1-18-10(17)9-7(4-12)2-6(5-16)3-8(9)11(13,14)15/h2-3H,4H2,1H3. The summed E-state index contributed by atoms with van der Waals surface area (Å²) >= 11 is 5.50. The van der Waals surface area contributed by atoms with Gasteiger partial charge >= 0.3 is 12.1 Å². The molecule has 0 aliphatic heterocycles. The topological polar surface area (TPSA) is 50.1 Å². The molecule has 0 bridgehead atoms. The SMILES string of the molecule is COC(=O)c1c(CCl)cc(C#N)cc1C(F)(F)F. The number of ether oxygens (including phenoxy) is 1. The Morgan fingerprint density at radius 3 is 2.50 bits per heavy atom. The second-order valence-electron chi connectivity index (χ2n) is 3.29. The third kappa shape index (κ3) is 2.74. The van der Waals surface area contributed by atoms with Gasteiger partial charge in [0.25, 0.3) is 0 Å². The van der Waals surface area contributed by atoms with Crippen molar-refractivity contribution in [1.82, 2.24) is 0 Å². The molecule has 0 unspecified atom stereocenters. The van der Waals surface area contributed by atoms with Gasteiger partial charge in [0.1, 0.15) is 0 Å². The van der Waals surface area contributed by atoms with Gasteiger partial charge in [-0.3, -0.25) is 0 Å². The van der Waals surface area contributed by atoms with Gasteiger partial charge in [0.2, 0.25) is 0 Å². The summed E-state index contributed by atoms with van der Waals surface area (Å²) < 4.78 is 42.8. The first-order chi connectivity index (χ1) is 8.35. The van der Waals surface area contributed by atoms with Crippen LogP contribution >= 0.6 is 11.6 Å². The highest BCUT2D eigenvalue weighted by Crippen LogP contribution is 2.35. The van der Waals surface area contributed by atoms with Crippen LogP contribution in [-0.4, -0.2) is 13.1 Å². The number of carbonyl (C=O) groups is 1. The monoisotopic (exact) mass is 277 g/mol. The van der Waals surface area contributed by atoms with E-state index < -0.39 is 23.3 Å². The first kappa shape index (κ1) is 14.3. The number of carbonyl (C=O) groups excluding carboxylic acids is 1. The van der Waals surface area contributed by atoms with Crippen LogP contribution in [0.1, 0.15) is 27.0 Å². The van der Waals surface area contributed by atoms with E-state index in [4.69, 9.17) is 16.9 Å². The van der Waals surface area contributed by atoms with E-state index in [2.05, 4.69) is 4.74 Å². The summed E-state index contributed by atoms with van der Waals surface area (Å²) in [5.41, 5.74) is -2.18. The van der Waals surface area contributed by atoms with Crippen molar-refractivity contribution in [2.45, 2.75) is 12.1 Å². The van der Waals surface area contributed by atoms with E-state index >= 15 is 0 Å². The molecule has 1 aromatic carbocycles. The molecule has 3 nitrogen and oxygen atoms in total. The van der Waals surface area contributed by atoms with Crippen LogP contribution in [0.4, 0.5) is 13.2 Å². The zero-order valence-electron chi connectivity index (χ0n) is 9.14. The summed E-state index contributed by atoms with van der Waals surface area (Å²) in [6.45, 7) is 0. The van der Waals surface area contributed by atoms with Gasteiger partial charge in [0, 0.05) is 5.88 Å². The minimum absolute atomic E-state index is 0.0881. The largest absolute Gasteiger partial charge is 0.465 e. The van der Waals surface area contributed by atoms with Crippen LogP contribution in [0.2, 0.25) is 0 Å². The molecule has 96 valence electrons. The third-order valence-corrected chi connectivity index (χ3v) is 2.48. The zero-order valence-corrected chi connectivity index (χ0v) is 9.89. The Bertz CT molecular complexity index is 520. The lowest BCUT2D eigenvalue weighted by atomic mass is 9.98. The van der Waals surface area contributed by atoms with Gasteiger partial charge in [-0.05, 0) is 17.7 Å². The van der Waals surface area contributed by atoms with E-state index in [1.54, 1.807) is 6.07 Å². The quantitative estimate of drug-likeness (QED) is 0.616. The number of rotatable bonds is 2. The van der Waals surface area contributed by atoms with Gasteiger partial charge in [-0.2, -0.15) is 18.4 Å². The lowest BCUT2D eigenvalue weighted by molar-refractivity contribution is -0.138. The number of nitrogens with zero attached hydrogens (tertiary/aromatic N) is 1. The van der Waals surface area contributed by atoms with Gasteiger partial charge in [-0.15, -0.1) is 11.6 Å². The highest BCUT2D eigenvalue weighted by Gasteiger charge is 2.37. The molecule has 0 aliphatic rings. The zero-order chi connectivity index (χ0) is 13.9. The first-order valence-electron chi connectivity index (χ1n) is 4.63. The summed E-state index contributed by atoms with van der Waals surface area (Å²) in [6.07, 6.45) is -4.77. The number of halogens is 4. The highest BCUT2D eigenvalue weighted by atomic mass is 35.5. The third-order valence-electron chi connectivity index (χ3n) is 2.19. The predicted octanol–water partition coefficient (Wildman–Crippen LogP) is 3.10. The molecule has 1 rings (SSSR count). The molecule has 1 aromatic rings. The van der Waals surface area contributed by atoms with Crippen LogP contribution in [0.3, 0.4) is 0 Å². The molecule has 0 saturated carbocycles. The number of nitriles is 1. The minimum atomic E-state index is -4.77. The van der Waals surface area contributed by atoms with Crippen molar-refractivity contribution >= 4 is 17.6 Å². The Kier molecular flexibility index (Phi) is 4.19. The molecule has 0 heterocycles. The van der Waals surface area contributed by atoms with E-state index in [0.29, 0.717) is 6.07 Å². The van der Waals surface area contributed by atoms with E-state index in [9.17, 15) is 18.0 Å². The number of esters is 1. The molecule has 0 fully saturated rings. The van der Waals surface area contributed by atoms with Crippen molar-refractivity contribution in [3.8, 4) is 6.07 Å². The smallest absolute Gasteiger partial charge is 0.417 e. The van der Waals surface area contributed by atoms with E-state index in [-0.39, 0.29) is 17.0 Å². The molecular formula is C11H7ClF3NO2. The predicted molar refractivity (Wildman–Crippen MR) is 57.1 cm³/mol. The molecule has 0 radical (unpaired) electrons. The molecular weight excluding hydrogens is 271 g/mol.